The fourth-order valence-corrected chi connectivity index (χ4v) is 1.51. The van der Waals surface area contributed by atoms with E-state index in [-0.39, 0.29) is 19.7 Å². The van der Waals surface area contributed by atoms with Crippen molar-refractivity contribution in [3.63, 3.8) is 0 Å². The van der Waals surface area contributed by atoms with E-state index in [9.17, 15) is 19.2 Å². The molecule has 9 nitrogen and oxygen atoms in total. The number of imide groups is 1. The van der Waals surface area contributed by atoms with E-state index < -0.39 is 36.9 Å². The molecule has 1 rings (SSSR count). The van der Waals surface area contributed by atoms with Crippen LogP contribution in [-0.4, -0.2) is 78.6 Å². The van der Waals surface area contributed by atoms with Crippen molar-refractivity contribution in [2.24, 2.45) is 0 Å². The number of carboxylic acid groups (broad SMARTS) is 1. The molecule has 0 aromatic carbocycles. The van der Waals surface area contributed by atoms with E-state index in [1.807, 2.05) is 0 Å². The van der Waals surface area contributed by atoms with Crippen molar-refractivity contribution in [3.05, 3.63) is 0 Å². The first-order valence-electron chi connectivity index (χ1n) is 5.52. The molecule has 1 fully saturated rings. The first kappa shape index (κ1) is 14.9. The molecule has 1 aliphatic heterocycles. The van der Waals surface area contributed by atoms with Gasteiger partial charge in [0, 0.05) is 13.7 Å². The number of carboxylic acids is 1. The lowest BCUT2D eigenvalue weighted by molar-refractivity contribution is -0.145. The van der Waals surface area contributed by atoms with Gasteiger partial charge in [-0.3, -0.25) is 19.3 Å². The Morgan fingerprint density at radius 2 is 2.16 bits per heavy atom. The molecule has 4 amide bonds. The SMILES string of the molecule is COCCN(CC(=O)O)C(=O)CN1C(=O)CNC1=O. The summed E-state index contributed by atoms with van der Waals surface area (Å²) in [5.41, 5.74) is 0. The van der Waals surface area contributed by atoms with Gasteiger partial charge in [0.15, 0.2) is 0 Å². The Kier molecular flexibility index (Phi) is 5.24. The Bertz CT molecular complexity index is 381. The van der Waals surface area contributed by atoms with E-state index in [2.05, 4.69) is 5.32 Å². The van der Waals surface area contributed by atoms with Crippen LogP contribution in [0.3, 0.4) is 0 Å². The molecular formula is C10H15N3O6. The van der Waals surface area contributed by atoms with Crippen molar-refractivity contribution < 1.29 is 29.0 Å². The number of hydrogen-bond acceptors (Lipinski definition) is 5. The highest BCUT2D eigenvalue weighted by molar-refractivity contribution is 6.04. The summed E-state index contributed by atoms with van der Waals surface area (Å²) in [5.74, 6) is -2.31. The second-order valence-corrected chi connectivity index (χ2v) is 3.84. The summed E-state index contributed by atoms with van der Waals surface area (Å²) in [7, 11) is 1.42. The van der Waals surface area contributed by atoms with Crippen LogP contribution in [0.15, 0.2) is 0 Å². The van der Waals surface area contributed by atoms with E-state index in [0.717, 1.165) is 9.80 Å². The van der Waals surface area contributed by atoms with Crippen LogP contribution in [0.2, 0.25) is 0 Å². The van der Waals surface area contributed by atoms with Crippen molar-refractivity contribution in [2.45, 2.75) is 0 Å². The topological polar surface area (TPSA) is 116 Å². The number of nitrogens with zero attached hydrogens (tertiary/aromatic N) is 2. The van der Waals surface area contributed by atoms with Gasteiger partial charge in [-0.15, -0.1) is 0 Å². The molecule has 0 aromatic rings. The molecule has 1 aliphatic rings. The summed E-state index contributed by atoms with van der Waals surface area (Å²) < 4.78 is 4.77. The molecule has 0 unspecified atom stereocenters. The number of ether oxygens (including phenoxy) is 1. The van der Waals surface area contributed by atoms with Crippen LogP contribution in [0.4, 0.5) is 4.79 Å². The molecule has 0 radical (unpaired) electrons. The van der Waals surface area contributed by atoms with Crippen molar-refractivity contribution in [3.8, 4) is 0 Å². The normalized spacial score (nSPS) is 14.5. The minimum atomic E-state index is -1.18. The molecule has 0 atom stereocenters. The third kappa shape index (κ3) is 4.21. The van der Waals surface area contributed by atoms with Crippen LogP contribution in [0.25, 0.3) is 0 Å². The fourth-order valence-electron chi connectivity index (χ4n) is 1.51. The Balaban J connectivity index is 2.62. The first-order chi connectivity index (χ1) is 8.95. The van der Waals surface area contributed by atoms with Gasteiger partial charge in [0.25, 0.3) is 5.91 Å². The lowest BCUT2D eigenvalue weighted by atomic mass is 10.4. The predicted octanol–water partition coefficient (Wildman–Crippen LogP) is -1.90. The van der Waals surface area contributed by atoms with Crippen LogP contribution in [0.1, 0.15) is 0 Å². The second-order valence-electron chi connectivity index (χ2n) is 3.84. The third-order valence-corrected chi connectivity index (χ3v) is 2.47. The van der Waals surface area contributed by atoms with Crippen molar-refractivity contribution in [2.75, 3.05) is 39.9 Å². The Morgan fingerprint density at radius 1 is 1.47 bits per heavy atom. The number of urea groups is 1. The van der Waals surface area contributed by atoms with Gasteiger partial charge < -0.3 is 20.1 Å². The summed E-state index contributed by atoms with van der Waals surface area (Å²) in [5, 5.41) is 11.0. The Hall–Kier alpha value is -2.16. The van der Waals surface area contributed by atoms with E-state index >= 15 is 0 Å². The van der Waals surface area contributed by atoms with Gasteiger partial charge in [-0.2, -0.15) is 0 Å². The van der Waals surface area contributed by atoms with Crippen molar-refractivity contribution >= 4 is 23.8 Å². The molecular weight excluding hydrogens is 258 g/mol. The van der Waals surface area contributed by atoms with Crippen LogP contribution >= 0.6 is 0 Å². The van der Waals surface area contributed by atoms with Crippen molar-refractivity contribution in [1.82, 2.24) is 15.1 Å². The minimum absolute atomic E-state index is 0.0747. The van der Waals surface area contributed by atoms with E-state index in [1.54, 1.807) is 0 Å². The molecule has 1 saturated heterocycles. The molecule has 0 bridgehead atoms. The van der Waals surface area contributed by atoms with E-state index in [4.69, 9.17) is 9.84 Å². The largest absolute Gasteiger partial charge is 0.480 e. The summed E-state index contributed by atoms with van der Waals surface area (Å²) in [6, 6.07) is -0.652. The highest BCUT2D eigenvalue weighted by Gasteiger charge is 2.31. The molecule has 19 heavy (non-hydrogen) atoms. The van der Waals surface area contributed by atoms with Gasteiger partial charge in [0.1, 0.15) is 13.1 Å². The lowest BCUT2D eigenvalue weighted by Gasteiger charge is -2.22. The summed E-state index contributed by atoms with van der Waals surface area (Å²) >= 11 is 0. The smallest absolute Gasteiger partial charge is 0.325 e. The van der Waals surface area contributed by atoms with Gasteiger partial charge in [0.2, 0.25) is 5.91 Å². The van der Waals surface area contributed by atoms with Gasteiger partial charge >= 0.3 is 12.0 Å². The number of carbonyl (C=O) groups excluding carboxylic acids is 3. The number of amides is 4. The number of rotatable bonds is 7. The number of aliphatic carboxylic acids is 1. The highest BCUT2D eigenvalue weighted by Crippen LogP contribution is 2.01. The average molecular weight is 273 g/mol. The van der Waals surface area contributed by atoms with Gasteiger partial charge in [-0.25, -0.2) is 4.79 Å². The zero-order valence-electron chi connectivity index (χ0n) is 10.4. The van der Waals surface area contributed by atoms with Crippen LogP contribution < -0.4 is 5.32 Å². The summed E-state index contributed by atoms with van der Waals surface area (Å²) in [6.45, 7) is -0.888. The number of nitrogens with one attached hydrogen (secondary N) is 1. The number of hydrogen-bond donors (Lipinski definition) is 2. The summed E-state index contributed by atoms with van der Waals surface area (Å²) in [4.78, 5) is 46.9. The number of methoxy groups -OCH3 is 1. The molecule has 9 heteroatoms. The maximum Gasteiger partial charge on any atom is 0.325 e. The zero-order chi connectivity index (χ0) is 14.4. The fraction of sp³-hybridized carbons (Fsp3) is 0.600. The monoisotopic (exact) mass is 273 g/mol. The summed E-state index contributed by atoms with van der Waals surface area (Å²) in [6.07, 6.45) is 0. The van der Waals surface area contributed by atoms with E-state index in [1.165, 1.54) is 7.11 Å². The van der Waals surface area contributed by atoms with Crippen LogP contribution in [0, 0.1) is 0 Å². The zero-order valence-corrected chi connectivity index (χ0v) is 10.4. The molecule has 0 aromatic heterocycles. The minimum Gasteiger partial charge on any atom is -0.480 e. The standard InChI is InChI=1S/C10H15N3O6/c1-19-3-2-12(6-9(16)17)8(15)5-13-7(14)4-11-10(13)18/h2-6H2,1H3,(H,11,18)(H,16,17). The molecule has 0 aliphatic carbocycles. The lowest BCUT2D eigenvalue weighted by Crippen LogP contribution is -2.45. The molecule has 0 saturated carbocycles. The van der Waals surface area contributed by atoms with Crippen LogP contribution in [0.5, 0.6) is 0 Å². The average Bonchev–Trinajstić information content (AvgIpc) is 2.65. The van der Waals surface area contributed by atoms with Crippen molar-refractivity contribution in [1.29, 1.82) is 0 Å². The third-order valence-electron chi connectivity index (χ3n) is 2.47. The predicted molar refractivity (Wildman–Crippen MR) is 61.2 cm³/mol. The molecule has 2 N–H and O–H groups in total. The highest BCUT2D eigenvalue weighted by atomic mass is 16.5. The Morgan fingerprint density at radius 3 is 2.63 bits per heavy atom. The first-order valence-corrected chi connectivity index (χ1v) is 5.52. The van der Waals surface area contributed by atoms with E-state index in [0.29, 0.717) is 0 Å². The molecule has 106 valence electrons. The maximum atomic E-state index is 11.9. The maximum absolute atomic E-state index is 11.9. The number of carbonyl (C=O) groups is 4. The van der Waals surface area contributed by atoms with Crippen LogP contribution in [-0.2, 0) is 19.1 Å². The van der Waals surface area contributed by atoms with Gasteiger partial charge in [-0.05, 0) is 0 Å². The molecule has 0 spiro atoms. The Labute approximate surface area is 109 Å². The second kappa shape index (κ2) is 6.69. The quantitative estimate of drug-likeness (QED) is 0.523. The van der Waals surface area contributed by atoms with Gasteiger partial charge in [-0.1, -0.05) is 0 Å². The van der Waals surface area contributed by atoms with Gasteiger partial charge in [0.05, 0.1) is 13.2 Å². The molecule has 1 heterocycles.